The van der Waals surface area contributed by atoms with Crippen LogP contribution < -0.4 is 29.7 Å². The van der Waals surface area contributed by atoms with Crippen LogP contribution in [0.25, 0.3) is 0 Å². The number of thiol groups is 1. The topological polar surface area (TPSA) is 80.6 Å². The predicted octanol–water partition coefficient (Wildman–Crippen LogP) is -5.30. The van der Waals surface area contributed by atoms with Crippen LogP contribution in [0.15, 0.2) is 0 Å². The van der Waals surface area contributed by atoms with Crippen molar-refractivity contribution in [2.45, 2.75) is 5.56 Å². The molecule has 0 heterocycles. The largest absolute Gasteiger partial charge is 1.00 e. The van der Waals surface area contributed by atoms with Crippen LogP contribution >= 0.6 is 12.6 Å². The van der Waals surface area contributed by atoms with Gasteiger partial charge in [-0.05, 0) is 5.56 Å². The van der Waals surface area contributed by atoms with E-state index in [9.17, 15) is 0 Å². The van der Waals surface area contributed by atoms with E-state index in [4.69, 9.17) is 5.11 Å². The van der Waals surface area contributed by atoms with Gasteiger partial charge in [-0.25, -0.2) is 0 Å². The monoisotopic (exact) mass is 103 g/mol. The Morgan fingerprint density at radius 1 is 1.67 bits per heavy atom. The van der Waals surface area contributed by atoms with Crippen molar-refractivity contribution in [3.8, 4) is 0 Å². The van der Waals surface area contributed by atoms with Crippen molar-refractivity contribution in [2.75, 3.05) is 0 Å². The zero-order valence-corrected chi connectivity index (χ0v) is 4.40. The number of nitrogens with two attached hydrogens (primary N) is 1. The normalized spacial score (nSPS) is 10.5. The van der Waals surface area contributed by atoms with Gasteiger partial charge in [0.15, 0.2) is 0 Å². The van der Waals surface area contributed by atoms with Gasteiger partial charge >= 0.3 is 18.9 Å². The van der Waals surface area contributed by atoms with Gasteiger partial charge < -0.3 is 16.3 Å². The van der Waals surface area contributed by atoms with Gasteiger partial charge in [0.05, 0.1) is 0 Å². The molecule has 0 saturated heterocycles. The fourth-order valence-corrected chi connectivity index (χ4v) is 0. The smallest absolute Gasteiger partial charge is 0.833 e. The Morgan fingerprint density at radius 3 is 1.67 bits per heavy atom. The summed E-state index contributed by atoms with van der Waals surface area (Å²) in [6.07, 6.45) is 0. The molecular formula is CH6LiNO2S. The summed E-state index contributed by atoms with van der Waals surface area (Å²) >= 11 is 3.19. The molecule has 0 bridgehead atoms. The van der Waals surface area contributed by atoms with Crippen LogP contribution in [-0.4, -0.2) is 11.0 Å². The quantitative estimate of drug-likeness (QED) is 0.182. The molecule has 4 N–H and O–H groups in total. The first kappa shape index (κ1) is 15.8. The second-order valence-electron chi connectivity index (χ2n) is 0.391. The Kier molecular flexibility index (Phi) is 24.5. The molecule has 0 rings (SSSR count). The maximum atomic E-state index is 9.17. The summed E-state index contributed by atoms with van der Waals surface area (Å²) in [5, 5.41) is 9.17. The van der Waals surface area contributed by atoms with E-state index in [0.29, 0.717) is 0 Å². The second kappa shape index (κ2) is 9.27. The summed E-state index contributed by atoms with van der Waals surface area (Å²) in [6.45, 7) is 0. The van der Waals surface area contributed by atoms with E-state index in [-0.39, 0.29) is 24.3 Å². The van der Waals surface area contributed by atoms with Crippen molar-refractivity contribution in [1.82, 2.24) is 0 Å². The molecule has 1 atom stereocenters. The third kappa shape index (κ3) is 103. The number of hydrogen-bond acceptors (Lipinski definition) is 3. The van der Waals surface area contributed by atoms with Crippen molar-refractivity contribution in [2.24, 2.45) is 5.73 Å². The van der Waals surface area contributed by atoms with E-state index in [2.05, 4.69) is 18.4 Å². The van der Waals surface area contributed by atoms with E-state index in [1.165, 1.54) is 0 Å². The zero-order valence-electron chi connectivity index (χ0n) is 3.51. The zero-order chi connectivity index (χ0) is 3.58. The van der Waals surface area contributed by atoms with Gasteiger partial charge in [-0.3, -0.25) is 0 Å². The van der Waals surface area contributed by atoms with E-state index in [1.54, 1.807) is 0 Å². The third-order valence-corrected chi connectivity index (χ3v) is 0. The van der Waals surface area contributed by atoms with Crippen molar-refractivity contribution >= 4 is 12.6 Å². The molecule has 0 aromatic rings. The van der Waals surface area contributed by atoms with Gasteiger partial charge in [0.25, 0.3) is 0 Å². The van der Waals surface area contributed by atoms with Gasteiger partial charge in [0.2, 0.25) is 0 Å². The first-order chi connectivity index (χ1) is 1.73. The molecule has 0 radical (unpaired) electrons. The molecule has 0 amide bonds. The van der Waals surface area contributed by atoms with Crippen molar-refractivity contribution in [1.29, 1.82) is 0 Å². The average Bonchev–Trinajstić information content (AvgIpc) is 0.811. The average molecular weight is 103 g/mol. The number of hydrogen-bond donors (Lipinski definition) is 2. The Bertz CT molecular complexity index is 18.3. The molecule has 0 aromatic carbocycles. The van der Waals surface area contributed by atoms with Gasteiger partial charge in [-0.1, -0.05) is 0 Å². The van der Waals surface area contributed by atoms with Crippen molar-refractivity contribution in [3.63, 3.8) is 0 Å². The molecule has 0 aromatic heterocycles. The SMILES string of the molecule is NC([O-])S.O.[Li+]. The minimum atomic E-state index is -1.22. The first-order valence-electron chi connectivity index (χ1n) is 0.827. The van der Waals surface area contributed by atoms with Crippen LogP contribution in [0, 0.1) is 0 Å². The Hall–Kier alpha value is 0.827. The van der Waals surface area contributed by atoms with Gasteiger partial charge in [-0.15, -0.1) is 0 Å². The summed E-state index contributed by atoms with van der Waals surface area (Å²) in [5.74, 6) is 0. The molecule has 1 unspecified atom stereocenters. The van der Waals surface area contributed by atoms with E-state index in [1.807, 2.05) is 0 Å². The molecule has 5 heteroatoms. The maximum Gasteiger partial charge on any atom is 1.00 e. The van der Waals surface area contributed by atoms with Crippen molar-refractivity contribution < 1.29 is 29.4 Å². The van der Waals surface area contributed by atoms with E-state index in [0.717, 1.165) is 0 Å². The molecule has 0 aliphatic carbocycles. The van der Waals surface area contributed by atoms with Crippen LogP contribution in [0.2, 0.25) is 0 Å². The minimum absolute atomic E-state index is 0. The van der Waals surface area contributed by atoms with Crippen molar-refractivity contribution in [3.05, 3.63) is 0 Å². The standard InChI is InChI=1S/CH4NOS.Li.H2O/c2-1(3)4;;/h1,4H,2H2;;1H2/q-1;+1;. The van der Waals surface area contributed by atoms with Gasteiger partial charge in [0, 0.05) is 0 Å². The van der Waals surface area contributed by atoms with Crippen LogP contribution in [0.1, 0.15) is 0 Å². The molecule has 34 valence electrons. The summed E-state index contributed by atoms with van der Waals surface area (Å²) in [4.78, 5) is 0. The summed E-state index contributed by atoms with van der Waals surface area (Å²) in [5.41, 5.74) is 3.20. The fourth-order valence-electron chi connectivity index (χ4n) is 0. The fraction of sp³-hybridized carbons (Fsp3) is 1.00. The van der Waals surface area contributed by atoms with Gasteiger partial charge in [-0.2, -0.15) is 12.6 Å². The number of rotatable bonds is 0. The van der Waals surface area contributed by atoms with Crippen LogP contribution in [0.4, 0.5) is 0 Å². The summed E-state index contributed by atoms with van der Waals surface area (Å²) in [6, 6.07) is 0. The molecule has 0 aliphatic rings. The first-order valence-corrected chi connectivity index (χ1v) is 1.34. The molecular weight excluding hydrogens is 97.0 g/mol. The Labute approximate surface area is 53.8 Å². The molecule has 0 aliphatic heterocycles. The minimum Gasteiger partial charge on any atom is -0.833 e. The Balaban J connectivity index is -0.0000000450. The summed E-state index contributed by atoms with van der Waals surface area (Å²) < 4.78 is 0. The van der Waals surface area contributed by atoms with E-state index < -0.39 is 5.56 Å². The molecule has 0 spiro atoms. The van der Waals surface area contributed by atoms with Crippen LogP contribution in [0.5, 0.6) is 0 Å². The van der Waals surface area contributed by atoms with E-state index >= 15 is 0 Å². The second-order valence-corrected chi connectivity index (χ2v) is 0.900. The predicted molar refractivity (Wildman–Crippen MR) is 20.6 cm³/mol. The van der Waals surface area contributed by atoms with Crippen LogP contribution in [-0.2, 0) is 0 Å². The molecule has 0 saturated carbocycles. The maximum absolute atomic E-state index is 9.17. The third-order valence-electron chi connectivity index (χ3n) is 0. The van der Waals surface area contributed by atoms with Gasteiger partial charge in [0.1, 0.15) is 0 Å². The Morgan fingerprint density at radius 2 is 1.67 bits per heavy atom. The molecule has 6 heavy (non-hydrogen) atoms. The molecule has 3 nitrogen and oxygen atoms in total. The molecule has 0 fully saturated rings. The summed E-state index contributed by atoms with van der Waals surface area (Å²) in [7, 11) is 0. The van der Waals surface area contributed by atoms with Crippen LogP contribution in [0.3, 0.4) is 0 Å².